The predicted molar refractivity (Wildman–Crippen MR) is 71.3 cm³/mol. The summed E-state index contributed by atoms with van der Waals surface area (Å²) in [6, 6.07) is 0.657. The molecule has 2 heterocycles. The molecule has 1 aromatic rings. The molecule has 1 aliphatic heterocycles. The summed E-state index contributed by atoms with van der Waals surface area (Å²) in [5, 5.41) is 10.7. The summed E-state index contributed by atoms with van der Waals surface area (Å²) in [5.74, 6) is 0.741. The number of aliphatic hydroxyl groups is 1. The van der Waals surface area contributed by atoms with Crippen LogP contribution in [0.4, 0.5) is 0 Å². The molecule has 1 fully saturated rings. The van der Waals surface area contributed by atoms with Crippen LogP contribution < -0.4 is 0 Å². The minimum atomic E-state index is -0.378. The molecule has 96 valence electrons. The molecule has 0 saturated carbocycles. The molecule has 2 atom stereocenters. The van der Waals surface area contributed by atoms with E-state index in [0.29, 0.717) is 6.04 Å². The van der Waals surface area contributed by atoms with Gasteiger partial charge in [0.25, 0.3) is 0 Å². The Morgan fingerprint density at radius 3 is 2.82 bits per heavy atom. The van der Waals surface area contributed by atoms with Crippen molar-refractivity contribution in [1.29, 1.82) is 0 Å². The van der Waals surface area contributed by atoms with Crippen molar-refractivity contribution < 1.29 is 5.11 Å². The summed E-state index contributed by atoms with van der Waals surface area (Å²) in [6.07, 6.45) is 3.79. The van der Waals surface area contributed by atoms with Crippen LogP contribution in [0.3, 0.4) is 0 Å². The average molecular weight is 254 g/mol. The van der Waals surface area contributed by atoms with Crippen molar-refractivity contribution in [2.75, 3.05) is 13.1 Å². The smallest absolute Gasteiger partial charge is 0.0931 e. The van der Waals surface area contributed by atoms with E-state index in [0.717, 1.165) is 17.2 Å². The van der Waals surface area contributed by atoms with Gasteiger partial charge in [0.15, 0.2) is 0 Å². The van der Waals surface area contributed by atoms with Crippen molar-refractivity contribution in [3.63, 3.8) is 0 Å². The van der Waals surface area contributed by atoms with E-state index in [1.807, 2.05) is 6.20 Å². The summed E-state index contributed by atoms with van der Waals surface area (Å²) >= 11 is 1.66. The maximum atomic E-state index is 9.47. The summed E-state index contributed by atoms with van der Waals surface area (Å²) in [7, 11) is 0. The molecule has 0 bridgehead atoms. The zero-order chi connectivity index (χ0) is 12.4. The number of rotatable bonds is 4. The second kappa shape index (κ2) is 5.46. The van der Waals surface area contributed by atoms with E-state index >= 15 is 0 Å². The monoisotopic (exact) mass is 254 g/mol. The molecule has 0 amide bonds. The Balaban J connectivity index is 1.89. The minimum absolute atomic E-state index is 0.378. The van der Waals surface area contributed by atoms with Crippen LogP contribution in [0.15, 0.2) is 6.20 Å². The van der Waals surface area contributed by atoms with Crippen molar-refractivity contribution in [2.24, 2.45) is 5.92 Å². The maximum Gasteiger partial charge on any atom is 0.0931 e. The van der Waals surface area contributed by atoms with Crippen LogP contribution in [0.25, 0.3) is 0 Å². The van der Waals surface area contributed by atoms with Crippen molar-refractivity contribution in [2.45, 2.75) is 45.8 Å². The number of aromatic nitrogens is 1. The molecule has 2 rings (SSSR count). The van der Waals surface area contributed by atoms with Crippen LogP contribution in [-0.4, -0.2) is 34.1 Å². The largest absolute Gasteiger partial charge is 0.388 e. The normalized spacial score (nSPS) is 23.5. The molecule has 0 aromatic carbocycles. The lowest BCUT2D eigenvalue weighted by Crippen LogP contribution is -2.28. The first-order valence-electron chi connectivity index (χ1n) is 6.43. The molecule has 4 heteroatoms. The fourth-order valence-electron chi connectivity index (χ4n) is 2.36. The molecular weight excluding hydrogens is 232 g/mol. The van der Waals surface area contributed by atoms with Gasteiger partial charge in [-0.3, -0.25) is 0 Å². The Kier molecular flexibility index (Phi) is 4.17. The van der Waals surface area contributed by atoms with E-state index in [1.165, 1.54) is 24.5 Å². The quantitative estimate of drug-likeness (QED) is 0.896. The fraction of sp³-hybridized carbons (Fsp3) is 0.769. The molecule has 0 radical (unpaired) electrons. The highest BCUT2D eigenvalue weighted by atomic mass is 32.1. The molecular formula is C13H22N2OS. The third kappa shape index (κ3) is 3.27. The van der Waals surface area contributed by atoms with E-state index in [9.17, 15) is 5.11 Å². The van der Waals surface area contributed by atoms with Crippen LogP contribution in [0.2, 0.25) is 0 Å². The van der Waals surface area contributed by atoms with Gasteiger partial charge in [-0.2, -0.15) is 0 Å². The molecule has 0 aliphatic carbocycles. The highest BCUT2D eigenvalue weighted by Crippen LogP contribution is 2.26. The Bertz CT molecular complexity index is 362. The highest BCUT2D eigenvalue weighted by molar-refractivity contribution is 7.11. The van der Waals surface area contributed by atoms with Crippen LogP contribution in [0, 0.1) is 5.92 Å². The third-order valence-corrected chi connectivity index (χ3v) is 4.68. The van der Waals surface area contributed by atoms with Crippen molar-refractivity contribution in [3.8, 4) is 0 Å². The van der Waals surface area contributed by atoms with E-state index in [-0.39, 0.29) is 6.10 Å². The zero-order valence-electron chi connectivity index (χ0n) is 10.9. The Labute approximate surface area is 107 Å². The number of aliphatic hydroxyl groups excluding tert-OH is 1. The lowest BCUT2D eigenvalue weighted by atomic mass is 10.1. The van der Waals surface area contributed by atoms with Crippen molar-refractivity contribution in [3.05, 3.63) is 16.1 Å². The van der Waals surface area contributed by atoms with Gasteiger partial charge in [0.1, 0.15) is 0 Å². The zero-order valence-corrected chi connectivity index (χ0v) is 11.7. The fourth-order valence-corrected chi connectivity index (χ4v) is 3.33. The summed E-state index contributed by atoms with van der Waals surface area (Å²) in [4.78, 5) is 7.93. The van der Waals surface area contributed by atoms with E-state index in [2.05, 4.69) is 23.7 Å². The van der Waals surface area contributed by atoms with Gasteiger partial charge in [0, 0.05) is 25.2 Å². The topological polar surface area (TPSA) is 36.4 Å². The SMILES string of the molecule is CC(O)c1cnc(CC2CCN(C(C)C)C2)s1. The van der Waals surface area contributed by atoms with Gasteiger partial charge in [-0.15, -0.1) is 11.3 Å². The number of hydrogen-bond donors (Lipinski definition) is 1. The number of thiazole rings is 1. The highest BCUT2D eigenvalue weighted by Gasteiger charge is 2.25. The lowest BCUT2D eigenvalue weighted by molar-refractivity contribution is 0.203. The molecule has 17 heavy (non-hydrogen) atoms. The second-order valence-corrected chi connectivity index (χ2v) is 6.43. The maximum absolute atomic E-state index is 9.47. The van der Waals surface area contributed by atoms with E-state index in [1.54, 1.807) is 18.3 Å². The van der Waals surface area contributed by atoms with Crippen molar-refractivity contribution >= 4 is 11.3 Å². The van der Waals surface area contributed by atoms with Gasteiger partial charge in [-0.25, -0.2) is 4.98 Å². The van der Waals surface area contributed by atoms with Gasteiger partial charge < -0.3 is 10.0 Å². The molecule has 0 spiro atoms. The Morgan fingerprint density at radius 2 is 2.29 bits per heavy atom. The molecule has 2 unspecified atom stereocenters. The summed E-state index contributed by atoms with van der Waals surface area (Å²) < 4.78 is 0. The van der Waals surface area contributed by atoms with Gasteiger partial charge >= 0.3 is 0 Å². The first kappa shape index (κ1) is 13.0. The van der Waals surface area contributed by atoms with Gasteiger partial charge in [-0.1, -0.05) is 0 Å². The average Bonchev–Trinajstić information content (AvgIpc) is 2.87. The predicted octanol–water partition coefficient (Wildman–Crippen LogP) is 2.47. The number of hydrogen-bond acceptors (Lipinski definition) is 4. The Morgan fingerprint density at radius 1 is 1.53 bits per heavy atom. The summed E-state index contributed by atoms with van der Waals surface area (Å²) in [6.45, 7) is 8.74. The lowest BCUT2D eigenvalue weighted by Gasteiger charge is -2.19. The first-order chi connectivity index (χ1) is 8.06. The first-order valence-corrected chi connectivity index (χ1v) is 7.24. The van der Waals surface area contributed by atoms with Gasteiger partial charge in [0.2, 0.25) is 0 Å². The molecule has 1 aromatic heterocycles. The van der Waals surface area contributed by atoms with Crippen LogP contribution >= 0.6 is 11.3 Å². The van der Waals surface area contributed by atoms with Crippen LogP contribution in [0.5, 0.6) is 0 Å². The molecule has 3 nitrogen and oxygen atoms in total. The molecule has 1 saturated heterocycles. The number of likely N-dealkylation sites (tertiary alicyclic amines) is 1. The molecule has 1 N–H and O–H groups in total. The van der Waals surface area contributed by atoms with E-state index in [4.69, 9.17) is 0 Å². The van der Waals surface area contributed by atoms with Crippen LogP contribution in [-0.2, 0) is 6.42 Å². The molecule has 1 aliphatic rings. The standard InChI is InChI=1S/C13H22N2OS/c1-9(2)15-5-4-11(8-15)6-13-14-7-12(17-13)10(3)16/h7,9-11,16H,4-6,8H2,1-3H3. The minimum Gasteiger partial charge on any atom is -0.388 e. The van der Waals surface area contributed by atoms with Gasteiger partial charge in [-0.05, 0) is 39.7 Å². The second-order valence-electron chi connectivity index (χ2n) is 5.28. The number of nitrogens with zero attached hydrogens (tertiary/aromatic N) is 2. The van der Waals surface area contributed by atoms with Crippen LogP contribution in [0.1, 0.15) is 43.2 Å². The summed E-state index contributed by atoms with van der Waals surface area (Å²) in [5.41, 5.74) is 0. The van der Waals surface area contributed by atoms with Gasteiger partial charge in [0.05, 0.1) is 16.0 Å². The van der Waals surface area contributed by atoms with E-state index < -0.39 is 0 Å². The Hall–Kier alpha value is -0.450. The van der Waals surface area contributed by atoms with Crippen molar-refractivity contribution in [1.82, 2.24) is 9.88 Å². The third-order valence-electron chi connectivity index (χ3n) is 3.49.